The first-order chi connectivity index (χ1) is 10.5. The van der Waals surface area contributed by atoms with Crippen molar-refractivity contribution in [2.24, 2.45) is 0 Å². The number of benzene rings is 2. The van der Waals surface area contributed by atoms with Gasteiger partial charge in [-0.15, -0.1) is 0 Å². The quantitative estimate of drug-likeness (QED) is 0.817. The minimum absolute atomic E-state index is 0.114. The molecule has 1 atom stereocenters. The van der Waals surface area contributed by atoms with Gasteiger partial charge >= 0.3 is 5.97 Å². The van der Waals surface area contributed by atoms with Crippen LogP contribution in [0.2, 0.25) is 0 Å². The van der Waals surface area contributed by atoms with Gasteiger partial charge in [0.15, 0.2) is 0 Å². The maximum absolute atomic E-state index is 11.5. The van der Waals surface area contributed by atoms with Gasteiger partial charge in [0.1, 0.15) is 0 Å². The molecule has 0 fully saturated rings. The van der Waals surface area contributed by atoms with E-state index >= 15 is 0 Å². The Morgan fingerprint density at radius 1 is 1.14 bits per heavy atom. The van der Waals surface area contributed by atoms with Gasteiger partial charge in [-0.3, -0.25) is 9.11 Å². The zero-order valence-corrected chi connectivity index (χ0v) is 13.0. The highest BCUT2D eigenvalue weighted by atomic mass is 32.3. The number of esters is 1. The normalized spacial score (nSPS) is 20.8. The Kier molecular flexibility index (Phi) is 3.95. The third-order valence-corrected chi connectivity index (χ3v) is 5.95. The van der Waals surface area contributed by atoms with Gasteiger partial charge in [-0.1, -0.05) is 30.3 Å². The lowest BCUT2D eigenvalue weighted by Gasteiger charge is -2.41. The predicted octanol–water partition coefficient (Wildman–Crippen LogP) is 4.12. The van der Waals surface area contributed by atoms with Gasteiger partial charge in [-0.25, -0.2) is 4.79 Å². The first-order valence-electron chi connectivity index (χ1n) is 7.06. The SMILES string of the molecule is COC(=O)c1ccc(C2CCS(O)(O)c3ccccc32)cc1. The highest BCUT2D eigenvalue weighted by Gasteiger charge is 2.31. The standard InChI is InChI=1S/C17H18O4S/c1-21-17(18)13-8-6-12(7-9-13)14-10-11-22(19,20)16-5-3-2-4-15(14)16/h2-9,14,19-20H,10-11H2,1H3. The molecule has 5 heteroatoms. The minimum atomic E-state index is -2.68. The fraction of sp³-hybridized carbons (Fsp3) is 0.235. The van der Waals surface area contributed by atoms with Gasteiger partial charge in [0.25, 0.3) is 0 Å². The van der Waals surface area contributed by atoms with Gasteiger partial charge in [-0.05, 0) is 35.7 Å². The molecule has 1 aliphatic rings. The molecule has 1 aliphatic heterocycles. The molecule has 0 aliphatic carbocycles. The summed E-state index contributed by atoms with van der Waals surface area (Å²) in [5.74, 6) is 0.126. The zero-order valence-electron chi connectivity index (χ0n) is 12.2. The average Bonchev–Trinajstić information content (AvgIpc) is 2.55. The largest absolute Gasteiger partial charge is 0.465 e. The molecule has 2 N–H and O–H groups in total. The van der Waals surface area contributed by atoms with Gasteiger partial charge in [0, 0.05) is 11.7 Å². The van der Waals surface area contributed by atoms with Crippen molar-refractivity contribution in [2.75, 3.05) is 12.9 Å². The number of carbonyl (C=O) groups excluding carboxylic acids is 1. The van der Waals surface area contributed by atoms with Crippen LogP contribution in [0.4, 0.5) is 0 Å². The third-order valence-electron chi connectivity index (χ3n) is 4.07. The summed E-state index contributed by atoms with van der Waals surface area (Å²) in [5.41, 5.74) is 2.54. The Morgan fingerprint density at radius 3 is 2.50 bits per heavy atom. The van der Waals surface area contributed by atoms with E-state index in [2.05, 4.69) is 0 Å². The Morgan fingerprint density at radius 2 is 1.82 bits per heavy atom. The van der Waals surface area contributed by atoms with E-state index in [1.165, 1.54) is 7.11 Å². The molecule has 22 heavy (non-hydrogen) atoms. The van der Waals surface area contributed by atoms with Crippen LogP contribution >= 0.6 is 10.6 Å². The van der Waals surface area contributed by atoms with Crippen molar-refractivity contribution in [1.82, 2.24) is 0 Å². The number of rotatable bonds is 2. The van der Waals surface area contributed by atoms with Crippen LogP contribution < -0.4 is 0 Å². The molecule has 0 saturated heterocycles. The van der Waals surface area contributed by atoms with E-state index in [0.29, 0.717) is 22.6 Å². The molecule has 0 spiro atoms. The molecule has 1 unspecified atom stereocenters. The smallest absolute Gasteiger partial charge is 0.337 e. The molecular weight excluding hydrogens is 300 g/mol. The monoisotopic (exact) mass is 318 g/mol. The summed E-state index contributed by atoms with van der Waals surface area (Å²) in [6.07, 6.45) is 0.677. The Hall–Kier alpha value is -1.82. The van der Waals surface area contributed by atoms with Crippen molar-refractivity contribution in [1.29, 1.82) is 0 Å². The van der Waals surface area contributed by atoms with E-state index in [-0.39, 0.29) is 11.9 Å². The molecule has 0 saturated carbocycles. The molecule has 4 nitrogen and oxygen atoms in total. The molecule has 0 radical (unpaired) electrons. The molecule has 2 aromatic carbocycles. The van der Waals surface area contributed by atoms with Crippen LogP contribution in [-0.4, -0.2) is 27.9 Å². The summed E-state index contributed by atoms with van der Waals surface area (Å²) in [5, 5.41) is 0. The Balaban J connectivity index is 1.98. The van der Waals surface area contributed by atoms with Crippen molar-refractivity contribution in [2.45, 2.75) is 17.2 Å². The fourth-order valence-corrected chi connectivity index (χ4v) is 4.60. The molecule has 1 heterocycles. The number of hydrogen-bond donors (Lipinski definition) is 2. The number of fused-ring (bicyclic) bond motifs is 1. The summed E-state index contributed by atoms with van der Waals surface area (Å²) >= 11 is 0. The molecule has 2 aromatic rings. The lowest BCUT2D eigenvalue weighted by molar-refractivity contribution is 0.0600. The number of carbonyl (C=O) groups is 1. The molecule has 0 bridgehead atoms. The Bertz CT molecular complexity index is 694. The maximum atomic E-state index is 11.5. The van der Waals surface area contributed by atoms with Gasteiger partial charge in [-0.2, -0.15) is 10.6 Å². The Labute approximate surface area is 131 Å². The first kappa shape index (κ1) is 15.1. The number of hydrogen-bond acceptors (Lipinski definition) is 4. The topological polar surface area (TPSA) is 66.8 Å². The van der Waals surface area contributed by atoms with Crippen molar-refractivity contribution in [3.63, 3.8) is 0 Å². The molecule has 0 aromatic heterocycles. The molecular formula is C17H18O4S. The van der Waals surface area contributed by atoms with E-state index in [1.807, 2.05) is 30.3 Å². The van der Waals surface area contributed by atoms with Gasteiger partial charge in [0.05, 0.1) is 17.6 Å². The van der Waals surface area contributed by atoms with Crippen molar-refractivity contribution < 1.29 is 18.6 Å². The summed E-state index contributed by atoms with van der Waals surface area (Å²) in [7, 11) is -1.32. The summed E-state index contributed by atoms with van der Waals surface area (Å²) < 4.78 is 25.1. The summed E-state index contributed by atoms with van der Waals surface area (Å²) in [6, 6.07) is 14.8. The summed E-state index contributed by atoms with van der Waals surface area (Å²) in [6.45, 7) is 0. The number of ether oxygens (including phenoxy) is 1. The second kappa shape index (κ2) is 5.76. The highest BCUT2D eigenvalue weighted by molar-refractivity contribution is 8.24. The zero-order chi connectivity index (χ0) is 15.7. The van der Waals surface area contributed by atoms with Crippen LogP contribution in [0.15, 0.2) is 53.4 Å². The van der Waals surface area contributed by atoms with Crippen LogP contribution in [0, 0.1) is 0 Å². The van der Waals surface area contributed by atoms with Crippen LogP contribution in [0.3, 0.4) is 0 Å². The van der Waals surface area contributed by atoms with Gasteiger partial charge < -0.3 is 4.74 Å². The number of methoxy groups -OCH3 is 1. The van der Waals surface area contributed by atoms with Crippen molar-refractivity contribution >= 4 is 16.6 Å². The van der Waals surface area contributed by atoms with Gasteiger partial charge in [0.2, 0.25) is 0 Å². The molecule has 0 amide bonds. The molecule has 116 valence electrons. The van der Waals surface area contributed by atoms with E-state index in [9.17, 15) is 13.9 Å². The highest BCUT2D eigenvalue weighted by Crippen LogP contribution is 2.57. The lowest BCUT2D eigenvalue weighted by Crippen LogP contribution is -2.18. The van der Waals surface area contributed by atoms with Crippen LogP contribution in [0.5, 0.6) is 0 Å². The maximum Gasteiger partial charge on any atom is 0.337 e. The van der Waals surface area contributed by atoms with E-state index in [4.69, 9.17) is 4.74 Å². The fourth-order valence-electron chi connectivity index (χ4n) is 2.93. The summed E-state index contributed by atoms with van der Waals surface area (Å²) in [4.78, 5) is 12.1. The van der Waals surface area contributed by atoms with E-state index in [1.54, 1.807) is 18.2 Å². The van der Waals surface area contributed by atoms with Crippen molar-refractivity contribution in [3.8, 4) is 0 Å². The lowest BCUT2D eigenvalue weighted by atomic mass is 9.88. The second-order valence-electron chi connectivity index (χ2n) is 5.36. The first-order valence-corrected chi connectivity index (χ1v) is 8.77. The third kappa shape index (κ3) is 2.63. The average molecular weight is 318 g/mol. The van der Waals surface area contributed by atoms with E-state index in [0.717, 1.165) is 11.1 Å². The molecule has 3 rings (SSSR count). The van der Waals surface area contributed by atoms with E-state index < -0.39 is 10.6 Å². The van der Waals surface area contributed by atoms with Crippen LogP contribution in [0.1, 0.15) is 33.8 Å². The van der Waals surface area contributed by atoms with Crippen LogP contribution in [0.25, 0.3) is 0 Å². The second-order valence-corrected chi connectivity index (χ2v) is 7.55. The minimum Gasteiger partial charge on any atom is -0.465 e. The van der Waals surface area contributed by atoms with Crippen LogP contribution in [-0.2, 0) is 4.74 Å². The predicted molar refractivity (Wildman–Crippen MR) is 86.7 cm³/mol. The van der Waals surface area contributed by atoms with Crippen molar-refractivity contribution in [3.05, 3.63) is 65.2 Å².